The van der Waals surface area contributed by atoms with Crippen LogP contribution in [0, 0.1) is 10.1 Å². The minimum atomic E-state index is -0.644. The van der Waals surface area contributed by atoms with Crippen LogP contribution >= 0.6 is 0 Å². The van der Waals surface area contributed by atoms with E-state index in [1.807, 2.05) is 0 Å². The zero-order valence-electron chi connectivity index (χ0n) is 14.2. The number of fused-ring (bicyclic) bond motifs is 1. The fourth-order valence-electron chi connectivity index (χ4n) is 2.74. The van der Waals surface area contributed by atoms with E-state index in [1.165, 1.54) is 29.0 Å². The summed E-state index contributed by atoms with van der Waals surface area (Å²) < 4.78 is 1.41. The SMILES string of the molecule is O=C(c1cnc2cc(-c3ccc(O)cc3)nn2c1)c1cc([N+](=O)[O-])ccc1O. The number of rotatable bonds is 4. The van der Waals surface area contributed by atoms with Gasteiger partial charge >= 0.3 is 0 Å². The van der Waals surface area contributed by atoms with Crippen LogP contribution in [0.3, 0.4) is 0 Å². The summed E-state index contributed by atoms with van der Waals surface area (Å²) >= 11 is 0. The molecule has 0 unspecified atom stereocenters. The maximum absolute atomic E-state index is 12.7. The number of hydrogen-bond acceptors (Lipinski definition) is 7. The molecule has 4 rings (SSSR count). The van der Waals surface area contributed by atoms with Gasteiger partial charge < -0.3 is 10.2 Å². The number of carbonyl (C=O) groups is 1. The second-order valence-corrected chi connectivity index (χ2v) is 6.01. The number of nitro groups is 1. The Morgan fingerprint density at radius 3 is 2.54 bits per heavy atom. The van der Waals surface area contributed by atoms with Gasteiger partial charge in [0.25, 0.3) is 5.69 Å². The summed E-state index contributed by atoms with van der Waals surface area (Å²) in [5, 5.41) is 34.6. The highest BCUT2D eigenvalue weighted by atomic mass is 16.6. The van der Waals surface area contributed by atoms with Crippen LogP contribution in [0.15, 0.2) is 60.9 Å². The first-order valence-electron chi connectivity index (χ1n) is 8.09. The van der Waals surface area contributed by atoms with Gasteiger partial charge in [0, 0.05) is 36.2 Å². The third kappa shape index (κ3) is 3.01. The maximum atomic E-state index is 12.7. The van der Waals surface area contributed by atoms with Gasteiger partial charge in [0.05, 0.1) is 21.7 Å². The summed E-state index contributed by atoms with van der Waals surface area (Å²) in [6.45, 7) is 0. The molecule has 9 nitrogen and oxygen atoms in total. The van der Waals surface area contributed by atoms with E-state index in [1.54, 1.807) is 18.2 Å². The quantitative estimate of drug-likeness (QED) is 0.318. The molecule has 0 saturated heterocycles. The molecule has 2 aromatic heterocycles. The molecule has 0 fully saturated rings. The van der Waals surface area contributed by atoms with Crippen LogP contribution in [-0.4, -0.2) is 35.5 Å². The standard InChI is InChI=1S/C19H12N4O5/c24-14-4-1-11(2-5-14)16-8-18-20-9-12(10-22(18)21-16)19(26)15-7-13(23(27)28)3-6-17(15)25/h1-10,24-25H. The van der Waals surface area contributed by atoms with Gasteiger partial charge in [-0.1, -0.05) is 0 Å². The molecule has 0 amide bonds. The van der Waals surface area contributed by atoms with Gasteiger partial charge in [0.1, 0.15) is 11.5 Å². The number of aromatic nitrogens is 3. The summed E-state index contributed by atoms with van der Waals surface area (Å²) in [5.41, 5.74) is 1.46. The van der Waals surface area contributed by atoms with Gasteiger partial charge in [-0.05, 0) is 30.3 Å². The lowest BCUT2D eigenvalue weighted by atomic mass is 10.0. The number of carbonyl (C=O) groups excluding carboxylic acids is 1. The number of nitro benzene ring substituents is 1. The molecule has 0 aliphatic heterocycles. The molecule has 0 saturated carbocycles. The highest BCUT2D eigenvalue weighted by Crippen LogP contribution is 2.26. The first kappa shape index (κ1) is 17.2. The number of phenolic OH excluding ortho intramolecular Hbond substituents is 2. The molecule has 2 aromatic carbocycles. The van der Waals surface area contributed by atoms with Crippen LogP contribution in [-0.2, 0) is 0 Å². The molecule has 2 heterocycles. The summed E-state index contributed by atoms with van der Waals surface area (Å²) in [6.07, 6.45) is 2.76. The van der Waals surface area contributed by atoms with Crippen LogP contribution in [0.25, 0.3) is 16.9 Å². The first-order chi connectivity index (χ1) is 13.4. The minimum absolute atomic E-state index is 0.114. The molecule has 4 aromatic rings. The topological polar surface area (TPSA) is 131 Å². The van der Waals surface area contributed by atoms with Gasteiger partial charge in [-0.25, -0.2) is 9.50 Å². The molecule has 0 spiro atoms. The maximum Gasteiger partial charge on any atom is 0.270 e. The van der Waals surface area contributed by atoms with Crippen LogP contribution in [0.5, 0.6) is 11.5 Å². The predicted octanol–water partition coefficient (Wildman–Crippen LogP) is 2.95. The number of benzene rings is 2. The molecule has 138 valence electrons. The Morgan fingerprint density at radius 1 is 1.07 bits per heavy atom. The summed E-state index contributed by atoms with van der Waals surface area (Å²) in [5.74, 6) is -0.839. The van der Waals surface area contributed by atoms with Gasteiger partial charge in [-0.15, -0.1) is 0 Å². The van der Waals surface area contributed by atoms with E-state index in [-0.39, 0.29) is 28.3 Å². The second-order valence-electron chi connectivity index (χ2n) is 6.01. The van der Waals surface area contributed by atoms with Crippen molar-refractivity contribution in [3.8, 4) is 22.8 Å². The van der Waals surface area contributed by atoms with Crippen LogP contribution in [0.1, 0.15) is 15.9 Å². The lowest BCUT2D eigenvalue weighted by Gasteiger charge is -2.04. The summed E-state index contributed by atoms with van der Waals surface area (Å²) in [7, 11) is 0. The van der Waals surface area contributed by atoms with E-state index in [0.717, 1.165) is 23.8 Å². The van der Waals surface area contributed by atoms with E-state index < -0.39 is 10.7 Å². The van der Waals surface area contributed by atoms with Crippen molar-refractivity contribution in [2.45, 2.75) is 0 Å². The number of non-ortho nitro benzene ring substituents is 1. The molecule has 0 bridgehead atoms. The number of ketones is 1. The molecule has 9 heteroatoms. The predicted molar refractivity (Wildman–Crippen MR) is 98.3 cm³/mol. The molecule has 28 heavy (non-hydrogen) atoms. The number of hydrogen-bond donors (Lipinski definition) is 2. The zero-order chi connectivity index (χ0) is 19.8. The smallest absolute Gasteiger partial charge is 0.270 e. The Bertz CT molecular complexity index is 1230. The molecule has 0 aliphatic rings. The van der Waals surface area contributed by atoms with Gasteiger partial charge in [-0.3, -0.25) is 14.9 Å². The Morgan fingerprint density at radius 2 is 1.82 bits per heavy atom. The summed E-state index contributed by atoms with van der Waals surface area (Å²) in [4.78, 5) is 27.2. The fourth-order valence-corrected chi connectivity index (χ4v) is 2.74. The number of aromatic hydroxyl groups is 2. The largest absolute Gasteiger partial charge is 0.508 e. The van der Waals surface area contributed by atoms with Gasteiger partial charge in [0.15, 0.2) is 11.4 Å². The van der Waals surface area contributed by atoms with Crippen molar-refractivity contribution in [1.29, 1.82) is 0 Å². The van der Waals surface area contributed by atoms with Crippen molar-refractivity contribution < 1.29 is 19.9 Å². The molecule has 0 radical (unpaired) electrons. The van der Waals surface area contributed by atoms with Gasteiger partial charge in [0.2, 0.25) is 0 Å². The van der Waals surface area contributed by atoms with E-state index in [9.17, 15) is 25.1 Å². The lowest BCUT2D eigenvalue weighted by Crippen LogP contribution is -2.05. The lowest BCUT2D eigenvalue weighted by molar-refractivity contribution is -0.384. The van der Waals surface area contributed by atoms with E-state index >= 15 is 0 Å². The Labute approximate surface area is 157 Å². The van der Waals surface area contributed by atoms with Crippen molar-refractivity contribution in [3.05, 3.63) is 82.2 Å². The normalized spacial score (nSPS) is 10.9. The monoisotopic (exact) mass is 376 g/mol. The van der Waals surface area contributed by atoms with Crippen molar-refractivity contribution in [3.63, 3.8) is 0 Å². The first-order valence-corrected chi connectivity index (χ1v) is 8.09. The molecule has 2 N–H and O–H groups in total. The third-order valence-corrected chi connectivity index (χ3v) is 4.17. The number of phenols is 2. The van der Waals surface area contributed by atoms with Crippen molar-refractivity contribution >= 4 is 17.1 Å². The molecule has 0 aliphatic carbocycles. The van der Waals surface area contributed by atoms with Crippen LogP contribution in [0.2, 0.25) is 0 Å². The molecule has 0 atom stereocenters. The van der Waals surface area contributed by atoms with Crippen molar-refractivity contribution in [2.24, 2.45) is 0 Å². The van der Waals surface area contributed by atoms with Crippen LogP contribution < -0.4 is 0 Å². The van der Waals surface area contributed by atoms with Crippen LogP contribution in [0.4, 0.5) is 5.69 Å². The Hall–Kier alpha value is -4.27. The summed E-state index contributed by atoms with van der Waals surface area (Å²) in [6, 6.07) is 11.4. The average molecular weight is 376 g/mol. The van der Waals surface area contributed by atoms with E-state index in [2.05, 4.69) is 10.1 Å². The van der Waals surface area contributed by atoms with Crippen molar-refractivity contribution in [1.82, 2.24) is 14.6 Å². The van der Waals surface area contributed by atoms with Gasteiger partial charge in [-0.2, -0.15) is 5.10 Å². The van der Waals surface area contributed by atoms with E-state index in [0.29, 0.717) is 11.3 Å². The third-order valence-electron chi connectivity index (χ3n) is 4.17. The highest BCUT2D eigenvalue weighted by Gasteiger charge is 2.19. The number of nitrogens with zero attached hydrogens (tertiary/aromatic N) is 4. The Balaban J connectivity index is 1.74. The molecular formula is C19H12N4O5. The molecular weight excluding hydrogens is 364 g/mol. The fraction of sp³-hybridized carbons (Fsp3) is 0. The Kier molecular flexibility index (Phi) is 3.96. The average Bonchev–Trinajstić information content (AvgIpc) is 3.11. The van der Waals surface area contributed by atoms with E-state index in [4.69, 9.17) is 0 Å². The minimum Gasteiger partial charge on any atom is -0.508 e. The van der Waals surface area contributed by atoms with Crippen molar-refractivity contribution in [2.75, 3.05) is 0 Å². The zero-order valence-corrected chi connectivity index (χ0v) is 14.2. The second kappa shape index (κ2) is 6.47. The highest BCUT2D eigenvalue weighted by molar-refractivity contribution is 6.10.